The van der Waals surface area contributed by atoms with E-state index in [2.05, 4.69) is 11.6 Å². The summed E-state index contributed by atoms with van der Waals surface area (Å²) in [4.78, 5) is 0. The Bertz CT molecular complexity index is 35.4. The van der Waals surface area contributed by atoms with E-state index < -0.39 is 0 Å². The molecule has 0 saturated carbocycles. The Morgan fingerprint density at radius 3 is 2.75 bits per heavy atom. The summed E-state index contributed by atoms with van der Waals surface area (Å²) in [5, 5.41) is 3.19. The van der Waals surface area contributed by atoms with Gasteiger partial charge in [0.2, 0.25) is 0 Å². The number of hydrogen-bond acceptors (Lipinski definition) is 3. The lowest BCUT2D eigenvalue weighted by Crippen LogP contribution is -2.24. The third-order valence-electron chi connectivity index (χ3n) is 0.804. The Labute approximate surface area is 55.2 Å². The Kier molecular flexibility index (Phi) is 7.52. The second-order valence-electron chi connectivity index (χ2n) is 1.53. The Balaban J connectivity index is 2.53. The van der Waals surface area contributed by atoms with E-state index in [0.29, 0.717) is 0 Å². The summed E-state index contributed by atoms with van der Waals surface area (Å²) < 4.78 is 0. The lowest BCUT2D eigenvalue weighted by atomic mass is 10.6. The molecule has 0 saturated heterocycles. The molecule has 50 valence electrons. The van der Waals surface area contributed by atoms with E-state index in [1.165, 1.54) is 5.75 Å². The monoisotopic (exact) mass is 134 g/mol. The predicted octanol–water partition coefficient (Wildman–Crippen LogP) is -0.102. The van der Waals surface area contributed by atoms with Crippen molar-refractivity contribution in [3.63, 3.8) is 0 Å². The van der Waals surface area contributed by atoms with Gasteiger partial charge in [0.05, 0.1) is 0 Å². The molecule has 0 aliphatic heterocycles. The Morgan fingerprint density at radius 1 is 1.50 bits per heavy atom. The minimum Gasteiger partial charge on any atom is -0.329 e. The van der Waals surface area contributed by atoms with E-state index in [-0.39, 0.29) is 0 Å². The van der Waals surface area contributed by atoms with Gasteiger partial charge in [0.1, 0.15) is 0 Å². The van der Waals surface area contributed by atoms with Crippen molar-refractivity contribution in [2.75, 3.05) is 31.6 Å². The van der Waals surface area contributed by atoms with Crippen LogP contribution in [0.2, 0.25) is 0 Å². The lowest BCUT2D eigenvalue weighted by molar-refractivity contribution is 0.730. The summed E-state index contributed by atoms with van der Waals surface area (Å²) in [6.07, 6.45) is 2.10. The van der Waals surface area contributed by atoms with Crippen LogP contribution in [-0.4, -0.2) is 31.6 Å². The van der Waals surface area contributed by atoms with Crippen LogP contribution in [0.5, 0.6) is 0 Å². The van der Waals surface area contributed by atoms with Gasteiger partial charge in [-0.2, -0.15) is 11.8 Å². The quantitative estimate of drug-likeness (QED) is 0.516. The second-order valence-corrected chi connectivity index (χ2v) is 2.52. The van der Waals surface area contributed by atoms with Gasteiger partial charge in [-0.05, 0) is 6.26 Å². The fourth-order valence-corrected chi connectivity index (χ4v) is 0.750. The van der Waals surface area contributed by atoms with Crippen molar-refractivity contribution < 1.29 is 0 Å². The van der Waals surface area contributed by atoms with Gasteiger partial charge in [-0.1, -0.05) is 0 Å². The summed E-state index contributed by atoms with van der Waals surface area (Å²) in [5.41, 5.74) is 5.24. The van der Waals surface area contributed by atoms with Gasteiger partial charge < -0.3 is 11.1 Å². The lowest BCUT2D eigenvalue weighted by Gasteiger charge is -1.98. The van der Waals surface area contributed by atoms with Crippen molar-refractivity contribution in [3.8, 4) is 0 Å². The standard InChI is InChI=1S/C5H14N2S/c1-8-5-4-7-3-2-6/h7H,2-6H2,1H3. The molecule has 8 heavy (non-hydrogen) atoms. The highest BCUT2D eigenvalue weighted by atomic mass is 32.2. The molecule has 0 radical (unpaired) electrons. The topological polar surface area (TPSA) is 38.0 Å². The summed E-state index contributed by atoms with van der Waals surface area (Å²) in [7, 11) is 0. The Hall–Kier alpha value is 0.270. The minimum atomic E-state index is 0.744. The van der Waals surface area contributed by atoms with Crippen molar-refractivity contribution in [2.45, 2.75) is 0 Å². The fourth-order valence-electron chi connectivity index (χ4n) is 0.401. The van der Waals surface area contributed by atoms with Gasteiger partial charge in [0.15, 0.2) is 0 Å². The molecule has 0 bridgehead atoms. The molecule has 0 aromatic rings. The maximum atomic E-state index is 5.24. The van der Waals surface area contributed by atoms with Crippen LogP contribution in [-0.2, 0) is 0 Å². The largest absolute Gasteiger partial charge is 0.329 e. The van der Waals surface area contributed by atoms with E-state index in [1.54, 1.807) is 0 Å². The first-order valence-corrected chi connectivity index (χ1v) is 4.21. The van der Waals surface area contributed by atoms with E-state index in [9.17, 15) is 0 Å². The first kappa shape index (κ1) is 8.27. The molecule has 3 N–H and O–H groups in total. The zero-order valence-electron chi connectivity index (χ0n) is 5.31. The van der Waals surface area contributed by atoms with Crippen LogP contribution < -0.4 is 11.1 Å². The summed E-state index contributed by atoms with van der Waals surface area (Å²) >= 11 is 1.85. The zero-order valence-corrected chi connectivity index (χ0v) is 6.13. The van der Waals surface area contributed by atoms with Crippen molar-refractivity contribution >= 4 is 11.8 Å². The van der Waals surface area contributed by atoms with Crippen LogP contribution in [0, 0.1) is 0 Å². The van der Waals surface area contributed by atoms with Gasteiger partial charge in [0, 0.05) is 25.4 Å². The maximum absolute atomic E-state index is 5.24. The smallest absolute Gasteiger partial charge is 0.00748 e. The van der Waals surface area contributed by atoms with E-state index in [0.717, 1.165) is 19.6 Å². The van der Waals surface area contributed by atoms with Gasteiger partial charge >= 0.3 is 0 Å². The van der Waals surface area contributed by atoms with Gasteiger partial charge in [-0.15, -0.1) is 0 Å². The molecule has 0 heterocycles. The fraction of sp³-hybridized carbons (Fsp3) is 1.00. The van der Waals surface area contributed by atoms with Crippen LogP contribution in [0.1, 0.15) is 0 Å². The van der Waals surface area contributed by atoms with Crippen molar-refractivity contribution in [3.05, 3.63) is 0 Å². The highest BCUT2D eigenvalue weighted by molar-refractivity contribution is 7.98. The number of thioether (sulfide) groups is 1. The average molecular weight is 134 g/mol. The Morgan fingerprint density at radius 2 is 2.25 bits per heavy atom. The molecule has 0 aliphatic rings. The van der Waals surface area contributed by atoms with Crippen molar-refractivity contribution in [1.29, 1.82) is 0 Å². The third-order valence-corrected chi connectivity index (χ3v) is 1.42. The van der Waals surface area contributed by atoms with E-state index >= 15 is 0 Å². The highest BCUT2D eigenvalue weighted by Crippen LogP contribution is 1.85. The number of rotatable bonds is 5. The highest BCUT2D eigenvalue weighted by Gasteiger charge is 1.80. The van der Waals surface area contributed by atoms with Gasteiger partial charge in [-0.3, -0.25) is 0 Å². The molecule has 0 amide bonds. The number of nitrogens with one attached hydrogen (secondary N) is 1. The van der Waals surface area contributed by atoms with E-state index in [4.69, 9.17) is 5.73 Å². The molecular weight excluding hydrogens is 120 g/mol. The molecule has 3 heteroatoms. The molecule has 0 aromatic carbocycles. The molecule has 0 rings (SSSR count). The van der Waals surface area contributed by atoms with Crippen molar-refractivity contribution in [1.82, 2.24) is 5.32 Å². The third kappa shape index (κ3) is 6.27. The molecule has 0 aromatic heterocycles. The molecule has 0 atom stereocenters. The first-order chi connectivity index (χ1) is 3.91. The predicted molar refractivity (Wildman–Crippen MR) is 40.3 cm³/mol. The van der Waals surface area contributed by atoms with Crippen LogP contribution in [0.4, 0.5) is 0 Å². The molecule has 0 fully saturated rings. The first-order valence-electron chi connectivity index (χ1n) is 2.81. The van der Waals surface area contributed by atoms with Crippen LogP contribution in [0.3, 0.4) is 0 Å². The minimum absolute atomic E-state index is 0.744. The molecule has 0 unspecified atom stereocenters. The summed E-state index contributed by atoms with van der Waals surface area (Å²) in [6.45, 7) is 2.77. The van der Waals surface area contributed by atoms with Gasteiger partial charge in [0.25, 0.3) is 0 Å². The number of nitrogens with two attached hydrogens (primary N) is 1. The average Bonchev–Trinajstić information content (AvgIpc) is 1.81. The second kappa shape index (κ2) is 7.27. The molecule has 2 nitrogen and oxygen atoms in total. The maximum Gasteiger partial charge on any atom is 0.00748 e. The van der Waals surface area contributed by atoms with Crippen LogP contribution in [0.15, 0.2) is 0 Å². The summed E-state index contributed by atoms with van der Waals surface area (Å²) in [6, 6.07) is 0. The van der Waals surface area contributed by atoms with Crippen LogP contribution >= 0.6 is 11.8 Å². The summed E-state index contributed by atoms with van der Waals surface area (Å²) in [5.74, 6) is 1.18. The van der Waals surface area contributed by atoms with E-state index in [1.807, 2.05) is 11.8 Å². The molecule has 0 spiro atoms. The molecule has 0 aliphatic carbocycles. The zero-order chi connectivity index (χ0) is 6.24. The number of hydrogen-bond donors (Lipinski definition) is 2. The van der Waals surface area contributed by atoms with Crippen molar-refractivity contribution in [2.24, 2.45) is 5.73 Å². The SMILES string of the molecule is CSCCNCCN. The molecular formula is C5H14N2S. The normalized spacial score (nSPS) is 9.75. The van der Waals surface area contributed by atoms with Crippen LogP contribution in [0.25, 0.3) is 0 Å². The van der Waals surface area contributed by atoms with Gasteiger partial charge in [-0.25, -0.2) is 0 Å².